The Kier molecular flexibility index (Phi) is 4.18. The second-order valence-corrected chi connectivity index (χ2v) is 5.61. The highest BCUT2D eigenvalue weighted by molar-refractivity contribution is 9.12. The molecule has 0 spiro atoms. The first-order chi connectivity index (χ1) is 8.16. The van der Waals surface area contributed by atoms with E-state index >= 15 is 0 Å². The number of halogens is 2. The molecule has 2 nitrogen and oxygen atoms in total. The molecule has 0 bridgehead atoms. The zero-order valence-corrected chi connectivity index (χ0v) is 12.2. The van der Waals surface area contributed by atoms with Crippen molar-refractivity contribution in [1.29, 1.82) is 0 Å². The van der Waals surface area contributed by atoms with E-state index in [1.54, 1.807) is 12.1 Å². The standard InChI is InChI=1S/C13H11Br2NO/c14-10-6-7-12(11(15)8-10)16-13(17)9-4-2-1-3-5-9/h1-5,8H,6-7H2,(H,16,17). The van der Waals surface area contributed by atoms with E-state index in [4.69, 9.17) is 0 Å². The Labute approximate surface area is 117 Å². The summed E-state index contributed by atoms with van der Waals surface area (Å²) in [7, 11) is 0. The van der Waals surface area contributed by atoms with Crippen LogP contribution in [0, 0.1) is 0 Å². The predicted molar refractivity (Wildman–Crippen MR) is 76.1 cm³/mol. The quantitative estimate of drug-likeness (QED) is 0.849. The Morgan fingerprint density at radius 2 is 1.82 bits per heavy atom. The van der Waals surface area contributed by atoms with Gasteiger partial charge >= 0.3 is 0 Å². The normalized spacial score (nSPS) is 15.5. The smallest absolute Gasteiger partial charge is 0.255 e. The van der Waals surface area contributed by atoms with E-state index in [1.165, 1.54) is 0 Å². The molecule has 1 N–H and O–H groups in total. The summed E-state index contributed by atoms with van der Waals surface area (Å²) in [6.07, 6.45) is 3.72. The summed E-state index contributed by atoms with van der Waals surface area (Å²) in [5.74, 6) is -0.0658. The van der Waals surface area contributed by atoms with Crippen molar-refractivity contribution in [2.45, 2.75) is 12.8 Å². The summed E-state index contributed by atoms with van der Waals surface area (Å²) in [6, 6.07) is 9.22. The van der Waals surface area contributed by atoms with Crippen LogP contribution in [0.5, 0.6) is 0 Å². The van der Waals surface area contributed by atoms with Gasteiger partial charge in [-0.1, -0.05) is 34.1 Å². The maximum Gasteiger partial charge on any atom is 0.255 e. The Morgan fingerprint density at radius 1 is 1.12 bits per heavy atom. The molecule has 0 unspecified atom stereocenters. The molecule has 1 amide bonds. The lowest BCUT2D eigenvalue weighted by Gasteiger charge is -2.15. The molecule has 1 aromatic carbocycles. The molecular formula is C13H11Br2NO. The van der Waals surface area contributed by atoms with Crippen LogP contribution in [0.25, 0.3) is 0 Å². The Morgan fingerprint density at radius 3 is 2.47 bits per heavy atom. The molecule has 1 aliphatic rings. The molecular weight excluding hydrogens is 346 g/mol. The van der Waals surface area contributed by atoms with Gasteiger partial charge in [-0.25, -0.2) is 0 Å². The number of rotatable bonds is 2. The molecule has 0 saturated heterocycles. The summed E-state index contributed by atoms with van der Waals surface area (Å²) in [5, 5.41) is 2.93. The van der Waals surface area contributed by atoms with Gasteiger partial charge in [0.1, 0.15) is 0 Å². The van der Waals surface area contributed by atoms with E-state index in [-0.39, 0.29) is 5.91 Å². The van der Waals surface area contributed by atoms with Crippen LogP contribution in [-0.2, 0) is 0 Å². The molecule has 0 aromatic heterocycles. The molecule has 0 saturated carbocycles. The second kappa shape index (κ2) is 5.65. The topological polar surface area (TPSA) is 29.1 Å². The van der Waals surface area contributed by atoms with E-state index < -0.39 is 0 Å². The van der Waals surface area contributed by atoms with E-state index in [2.05, 4.69) is 37.2 Å². The summed E-state index contributed by atoms with van der Waals surface area (Å²) in [5.41, 5.74) is 1.61. The third-order valence-corrected chi connectivity index (χ3v) is 3.82. The number of benzene rings is 1. The molecule has 4 heteroatoms. The van der Waals surface area contributed by atoms with Gasteiger partial charge in [-0.3, -0.25) is 4.79 Å². The van der Waals surface area contributed by atoms with Crippen molar-refractivity contribution in [3.63, 3.8) is 0 Å². The molecule has 0 fully saturated rings. The van der Waals surface area contributed by atoms with Gasteiger partial charge < -0.3 is 5.32 Å². The zero-order valence-electron chi connectivity index (χ0n) is 9.04. The lowest BCUT2D eigenvalue weighted by Crippen LogP contribution is -2.24. The summed E-state index contributed by atoms with van der Waals surface area (Å²) < 4.78 is 2.07. The van der Waals surface area contributed by atoms with Crippen LogP contribution in [0.15, 0.2) is 51.1 Å². The molecule has 0 radical (unpaired) electrons. The van der Waals surface area contributed by atoms with Gasteiger partial charge in [0.15, 0.2) is 0 Å². The van der Waals surface area contributed by atoms with E-state index in [1.807, 2.05) is 24.3 Å². The van der Waals surface area contributed by atoms with Gasteiger partial charge in [0.2, 0.25) is 0 Å². The highest BCUT2D eigenvalue weighted by atomic mass is 79.9. The molecule has 1 aromatic rings. The lowest BCUT2D eigenvalue weighted by molar-refractivity contribution is 0.0964. The number of carbonyl (C=O) groups is 1. The number of amides is 1. The highest BCUT2D eigenvalue weighted by Gasteiger charge is 2.13. The van der Waals surface area contributed by atoms with Crippen LogP contribution in [-0.4, -0.2) is 5.91 Å². The second-order valence-electron chi connectivity index (χ2n) is 3.74. The van der Waals surface area contributed by atoms with Crippen molar-refractivity contribution in [3.8, 4) is 0 Å². The maximum absolute atomic E-state index is 11.9. The first-order valence-electron chi connectivity index (χ1n) is 5.28. The molecule has 88 valence electrons. The van der Waals surface area contributed by atoms with Gasteiger partial charge in [0.25, 0.3) is 5.91 Å². The number of hydrogen-bond acceptors (Lipinski definition) is 1. The van der Waals surface area contributed by atoms with Crippen molar-refractivity contribution < 1.29 is 4.79 Å². The number of allylic oxidation sites excluding steroid dienone is 4. The minimum atomic E-state index is -0.0658. The van der Waals surface area contributed by atoms with Crippen LogP contribution < -0.4 is 5.32 Å². The van der Waals surface area contributed by atoms with Crippen molar-refractivity contribution in [2.75, 3.05) is 0 Å². The SMILES string of the molecule is O=C(NC1=C(Br)C=C(Br)CC1)c1ccccc1. The van der Waals surface area contributed by atoms with Crippen molar-refractivity contribution in [3.05, 3.63) is 56.6 Å². The van der Waals surface area contributed by atoms with Crippen LogP contribution in [0.2, 0.25) is 0 Å². The van der Waals surface area contributed by atoms with Crippen LogP contribution in [0.3, 0.4) is 0 Å². The zero-order chi connectivity index (χ0) is 12.3. The summed E-state index contributed by atoms with van der Waals surface area (Å²) in [4.78, 5) is 11.9. The van der Waals surface area contributed by atoms with Gasteiger partial charge in [-0.05, 0) is 51.5 Å². The minimum Gasteiger partial charge on any atom is -0.325 e. The lowest BCUT2D eigenvalue weighted by atomic mass is 10.1. The van der Waals surface area contributed by atoms with E-state index in [0.29, 0.717) is 5.56 Å². The highest BCUT2D eigenvalue weighted by Crippen LogP contribution is 2.29. The first-order valence-corrected chi connectivity index (χ1v) is 6.86. The fraction of sp³-hybridized carbons (Fsp3) is 0.154. The van der Waals surface area contributed by atoms with Crippen LogP contribution >= 0.6 is 31.9 Å². The van der Waals surface area contributed by atoms with Crippen molar-refractivity contribution in [2.24, 2.45) is 0 Å². The van der Waals surface area contributed by atoms with Gasteiger partial charge in [-0.15, -0.1) is 0 Å². The fourth-order valence-electron chi connectivity index (χ4n) is 1.58. The van der Waals surface area contributed by atoms with Gasteiger partial charge in [-0.2, -0.15) is 0 Å². The van der Waals surface area contributed by atoms with E-state index in [0.717, 1.165) is 27.5 Å². The average Bonchev–Trinajstić information content (AvgIpc) is 2.34. The van der Waals surface area contributed by atoms with Crippen LogP contribution in [0.4, 0.5) is 0 Å². The number of nitrogens with one attached hydrogen (secondary N) is 1. The van der Waals surface area contributed by atoms with Crippen LogP contribution in [0.1, 0.15) is 23.2 Å². The fourth-order valence-corrected chi connectivity index (χ4v) is 2.89. The number of carbonyl (C=O) groups excluding carboxylic acids is 1. The summed E-state index contributed by atoms with van der Waals surface area (Å²) >= 11 is 6.91. The van der Waals surface area contributed by atoms with Crippen molar-refractivity contribution >= 4 is 37.8 Å². The maximum atomic E-state index is 11.9. The number of hydrogen-bond donors (Lipinski definition) is 1. The molecule has 1 aliphatic carbocycles. The molecule has 17 heavy (non-hydrogen) atoms. The Bertz CT molecular complexity index is 491. The third-order valence-electron chi connectivity index (χ3n) is 2.49. The monoisotopic (exact) mass is 355 g/mol. The molecule has 0 atom stereocenters. The van der Waals surface area contributed by atoms with Gasteiger partial charge in [0, 0.05) is 15.7 Å². The Balaban J connectivity index is 2.13. The summed E-state index contributed by atoms with van der Waals surface area (Å²) in [6.45, 7) is 0. The minimum absolute atomic E-state index is 0.0658. The third kappa shape index (κ3) is 3.30. The van der Waals surface area contributed by atoms with Crippen molar-refractivity contribution in [1.82, 2.24) is 5.32 Å². The molecule has 2 rings (SSSR count). The molecule has 0 heterocycles. The average molecular weight is 357 g/mol. The largest absolute Gasteiger partial charge is 0.325 e. The van der Waals surface area contributed by atoms with E-state index in [9.17, 15) is 4.79 Å². The first kappa shape index (κ1) is 12.6. The molecule has 0 aliphatic heterocycles. The Hall–Kier alpha value is -0.870. The predicted octanol–water partition coefficient (Wildman–Crippen LogP) is 4.10. The van der Waals surface area contributed by atoms with Gasteiger partial charge in [0.05, 0.1) is 0 Å².